The number of hydrogen-bond donors (Lipinski definition) is 2. The highest BCUT2D eigenvalue weighted by Gasteiger charge is 2.21. The third-order valence-electron chi connectivity index (χ3n) is 3.63. The van der Waals surface area contributed by atoms with Crippen molar-refractivity contribution in [1.29, 1.82) is 0 Å². The van der Waals surface area contributed by atoms with Crippen LogP contribution >= 0.6 is 0 Å². The molecule has 108 valence electrons. The average Bonchev–Trinajstić information content (AvgIpc) is 2.72. The van der Waals surface area contributed by atoms with Crippen molar-refractivity contribution in [2.24, 2.45) is 11.8 Å². The molecule has 1 aliphatic rings. The van der Waals surface area contributed by atoms with Gasteiger partial charge in [-0.15, -0.1) is 0 Å². The first-order valence-electron chi connectivity index (χ1n) is 7.74. The Balaban J connectivity index is 1.99. The molecule has 0 aromatic heterocycles. The molecule has 0 aromatic carbocycles. The van der Waals surface area contributed by atoms with Gasteiger partial charge in [0.1, 0.15) is 0 Å². The number of likely N-dealkylation sites (tertiary alicyclic amines) is 1. The van der Waals surface area contributed by atoms with Gasteiger partial charge < -0.3 is 15.5 Å². The predicted molar refractivity (Wildman–Crippen MR) is 80.0 cm³/mol. The van der Waals surface area contributed by atoms with Gasteiger partial charge in [-0.1, -0.05) is 27.7 Å². The van der Waals surface area contributed by atoms with E-state index in [1.54, 1.807) is 0 Å². The lowest BCUT2D eigenvalue weighted by Crippen LogP contribution is -2.32. The minimum atomic E-state index is 0.628. The lowest BCUT2D eigenvalue weighted by Gasteiger charge is -2.17. The fourth-order valence-electron chi connectivity index (χ4n) is 2.56. The highest BCUT2D eigenvalue weighted by Crippen LogP contribution is 2.18. The summed E-state index contributed by atoms with van der Waals surface area (Å²) in [5.41, 5.74) is 0. The molecular formula is C15H33N3. The highest BCUT2D eigenvalue weighted by atomic mass is 15.2. The summed E-state index contributed by atoms with van der Waals surface area (Å²) in [7, 11) is 0. The van der Waals surface area contributed by atoms with E-state index in [1.807, 2.05) is 0 Å². The van der Waals surface area contributed by atoms with Crippen molar-refractivity contribution in [2.45, 2.75) is 46.6 Å². The van der Waals surface area contributed by atoms with Gasteiger partial charge in [-0.2, -0.15) is 0 Å². The van der Waals surface area contributed by atoms with Crippen LogP contribution in [0, 0.1) is 11.8 Å². The van der Waals surface area contributed by atoms with Gasteiger partial charge in [0.05, 0.1) is 0 Å². The summed E-state index contributed by atoms with van der Waals surface area (Å²) < 4.78 is 0. The van der Waals surface area contributed by atoms with Crippen LogP contribution in [0.3, 0.4) is 0 Å². The molecule has 1 rings (SSSR count). The Bertz CT molecular complexity index is 204. The molecule has 1 fully saturated rings. The van der Waals surface area contributed by atoms with Crippen LogP contribution in [0.15, 0.2) is 0 Å². The van der Waals surface area contributed by atoms with Crippen molar-refractivity contribution in [1.82, 2.24) is 15.5 Å². The van der Waals surface area contributed by atoms with E-state index in [0.29, 0.717) is 6.04 Å². The first-order valence-corrected chi connectivity index (χ1v) is 7.74. The standard InChI is InChI=1S/C15H33N3/c1-13(2)11-16-8-10-18-9-6-15(12-18)5-7-17-14(3)4/h13-17H,5-12H2,1-4H3. The zero-order chi connectivity index (χ0) is 13.4. The summed E-state index contributed by atoms with van der Waals surface area (Å²) in [4.78, 5) is 2.62. The molecule has 0 aromatic rings. The first kappa shape index (κ1) is 15.9. The number of rotatable bonds is 9. The fraction of sp³-hybridized carbons (Fsp3) is 1.00. The van der Waals surface area contributed by atoms with Crippen molar-refractivity contribution in [3.63, 3.8) is 0 Å². The lowest BCUT2D eigenvalue weighted by atomic mass is 10.1. The van der Waals surface area contributed by atoms with Crippen molar-refractivity contribution in [2.75, 3.05) is 39.3 Å². The SMILES string of the molecule is CC(C)CNCCN1CCC(CCNC(C)C)C1. The van der Waals surface area contributed by atoms with Gasteiger partial charge in [0, 0.05) is 25.7 Å². The molecular weight excluding hydrogens is 222 g/mol. The van der Waals surface area contributed by atoms with E-state index in [-0.39, 0.29) is 0 Å². The molecule has 0 aliphatic carbocycles. The summed E-state index contributed by atoms with van der Waals surface area (Å²) in [5, 5.41) is 7.05. The Kier molecular flexibility index (Phi) is 7.87. The molecule has 18 heavy (non-hydrogen) atoms. The van der Waals surface area contributed by atoms with Crippen LogP contribution in [0.1, 0.15) is 40.5 Å². The molecule has 1 heterocycles. The third-order valence-corrected chi connectivity index (χ3v) is 3.63. The van der Waals surface area contributed by atoms with E-state index in [9.17, 15) is 0 Å². The highest BCUT2D eigenvalue weighted by molar-refractivity contribution is 4.76. The maximum atomic E-state index is 3.53. The van der Waals surface area contributed by atoms with Gasteiger partial charge >= 0.3 is 0 Å². The van der Waals surface area contributed by atoms with Crippen LogP contribution in [0.5, 0.6) is 0 Å². The molecule has 2 N–H and O–H groups in total. The predicted octanol–water partition coefficient (Wildman–Crippen LogP) is 1.94. The van der Waals surface area contributed by atoms with Gasteiger partial charge in [-0.25, -0.2) is 0 Å². The molecule has 1 atom stereocenters. The van der Waals surface area contributed by atoms with E-state index < -0.39 is 0 Å². The van der Waals surface area contributed by atoms with E-state index in [0.717, 1.165) is 24.9 Å². The van der Waals surface area contributed by atoms with Gasteiger partial charge in [0.25, 0.3) is 0 Å². The van der Waals surface area contributed by atoms with Gasteiger partial charge in [0.2, 0.25) is 0 Å². The summed E-state index contributed by atoms with van der Waals surface area (Å²) >= 11 is 0. The Labute approximate surface area is 114 Å². The second-order valence-electron chi connectivity index (χ2n) is 6.45. The van der Waals surface area contributed by atoms with Gasteiger partial charge in [-0.05, 0) is 44.3 Å². The molecule has 3 nitrogen and oxygen atoms in total. The van der Waals surface area contributed by atoms with Crippen molar-refractivity contribution < 1.29 is 0 Å². The van der Waals surface area contributed by atoms with E-state index >= 15 is 0 Å². The minimum Gasteiger partial charge on any atom is -0.315 e. The summed E-state index contributed by atoms with van der Waals surface area (Å²) in [6.45, 7) is 16.3. The second-order valence-corrected chi connectivity index (χ2v) is 6.45. The Morgan fingerprint density at radius 1 is 1.17 bits per heavy atom. The van der Waals surface area contributed by atoms with Crippen LogP contribution in [0.4, 0.5) is 0 Å². The second kappa shape index (κ2) is 8.89. The summed E-state index contributed by atoms with van der Waals surface area (Å²) in [5.74, 6) is 1.68. The first-order chi connectivity index (χ1) is 8.58. The molecule has 0 spiro atoms. The van der Waals surface area contributed by atoms with Crippen LogP contribution < -0.4 is 10.6 Å². The van der Waals surface area contributed by atoms with E-state index in [4.69, 9.17) is 0 Å². The van der Waals surface area contributed by atoms with Crippen LogP contribution in [-0.2, 0) is 0 Å². The van der Waals surface area contributed by atoms with Gasteiger partial charge in [-0.3, -0.25) is 0 Å². The molecule has 1 aliphatic heterocycles. The van der Waals surface area contributed by atoms with E-state index in [1.165, 1.54) is 39.0 Å². The smallest absolute Gasteiger partial charge is 0.0107 e. The lowest BCUT2D eigenvalue weighted by molar-refractivity contribution is 0.315. The Hall–Kier alpha value is -0.120. The maximum Gasteiger partial charge on any atom is 0.0107 e. The zero-order valence-corrected chi connectivity index (χ0v) is 12.8. The maximum absolute atomic E-state index is 3.53. The summed E-state index contributed by atoms with van der Waals surface area (Å²) in [6.07, 6.45) is 2.73. The van der Waals surface area contributed by atoms with Crippen molar-refractivity contribution >= 4 is 0 Å². The largest absolute Gasteiger partial charge is 0.315 e. The summed E-state index contributed by atoms with van der Waals surface area (Å²) in [6, 6.07) is 0.628. The molecule has 3 heteroatoms. The minimum absolute atomic E-state index is 0.628. The zero-order valence-electron chi connectivity index (χ0n) is 12.8. The Morgan fingerprint density at radius 3 is 2.61 bits per heavy atom. The third kappa shape index (κ3) is 7.34. The monoisotopic (exact) mass is 255 g/mol. The Morgan fingerprint density at radius 2 is 1.94 bits per heavy atom. The molecule has 0 bridgehead atoms. The number of nitrogens with one attached hydrogen (secondary N) is 2. The van der Waals surface area contributed by atoms with E-state index in [2.05, 4.69) is 43.2 Å². The normalized spacial score (nSPS) is 21.3. The van der Waals surface area contributed by atoms with Crippen molar-refractivity contribution in [3.05, 3.63) is 0 Å². The average molecular weight is 255 g/mol. The molecule has 0 amide bonds. The number of nitrogens with zero attached hydrogens (tertiary/aromatic N) is 1. The molecule has 0 radical (unpaired) electrons. The quantitative estimate of drug-likeness (QED) is 0.617. The van der Waals surface area contributed by atoms with Crippen molar-refractivity contribution in [3.8, 4) is 0 Å². The molecule has 1 saturated heterocycles. The topological polar surface area (TPSA) is 27.3 Å². The number of hydrogen-bond acceptors (Lipinski definition) is 3. The fourth-order valence-corrected chi connectivity index (χ4v) is 2.56. The van der Waals surface area contributed by atoms with Crippen LogP contribution in [0.2, 0.25) is 0 Å². The van der Waals surface area contributed by atoms with Crippen LogP contribution in [0.25, 0.3) is 0 Å². The van der Waals surface area contributed by atoms with Crippen LogP contribution in [-0.4, -0.2) is 50.2 Å². The molecule has 0 saturated carbocycles. The van der Waals surface area contributed by atoms with Gasteiger partial charge in [0.15, 0.2) is 0 Å². The molecule has 1 unspecified atom stereocenters.